The van der Waals surface area contributed by atoms with Crippen LogP contribution in [0.25, 0.3) is 0 Å². The van der Waals surface area contributed by atoms with Crippen LogP contribution in [0, 0.1) is 12.3 Å². The minimum absolute atomic E-state index is 0.00528. The molecular weight excluding hydrogens is 184 g/mol. The Balaban J connectivity index is 2.37. The van der Waals surface area contributed by atoms with Gasteiger partial charge >= 0.3 is 0 Å². The van der Waals surface area contributed by atoms with Gasteiger partial charge in [0, 0.05) is 13.0 Å². The summed E-state index contributed by atoms with van der Waals surface area (Å²) in [4.78, 5) is 11.3. The molecule has 0 saturated carbocycles. The lowest BCUT2D eigenvalue weighted by Crippen LogP contribution is -2.25. The fourth-order valence-corrected chi connectivity index (χ4v) is 0.829. The lowest BCUT2D eigenvalue weighted by molar-refractivity contribution is 0.0944. The van der Waals surface area contributed by atoms with E-state index in [2.05, 4.69) is 26.2 Å². The smallest absolute Gasteiger partial charge is 0.277 e. The zero-order valence-corrected chi connectivity index (χ0v) is 7.49. The van der Waals surface area contributed by atoms with E-state index in [4.69, 9.17) is 12.2 Å². The number of carbonyl (C=O) groups is 1. The molecule has 1 heterocycles. The molecule has 0 aliphatic heterocycles. The van der Waals surface area contributed by atoms with Gasteiger partial charge < -0.3 is 11.1 Å². The zero-order valence-electron chi connectivity index (χ0n) is 7.49. The fraction of sp³-hybridized carbons (Fsp3) is 0.375. The SMILES string of the molecule is C#CCCCNC(=O)c1nonc1N. The molecule has 0 aliphatic rings. The average molecular weight is 194 g/mol. The molecule has 0 fully saturated rings. The third-order valence-electron chi connectivity index (χ3n) is 1.51. The van der Waals surface area contributed by atoms with Crippen molar-refractivity contribution in [3.05, 3.63) is 5.69 Å². The number of nitrogens with one attached hydrogen (secondary N) is 1. The monoisotopic (exact) mass is 194 g/mol. The first-order chi connectivity index (χ1) is 6.75. The highest BCUT2D eigenvalue weighted by Crippen LogP contribution is 2.02. The Hall–Kier alpha value is -2.03. The zero-order chi connectivity index (χ0) is 10.4. The van der Waals surface area contributed by atoms with Crippen molar-refractivity contribution in [1.29, 1.82) is 0 Å². The van der Waals surface area contributed by atoms with Crippen LogP contribution in [0.3, 0.4) is 0 Å². The molecule has 1 aromatic heterocycles. The molecule has 0 unspecified atom stereocenters. The topological polar surface area (TPSA) is 94.0 Å². The summed E-state index contributed by atoms with van der Waals surface area (Å²) in [6, 6.07) is 0. The molecule has 0 atom stereocenters. The van der Waals surface area contributed by atoms with Crippen LogP contribution in [0.4, 0.5) is 5.82 Å². The molecule has 0 aromatic carbocycles. The number of terminal acetylenes is 1. The number of nitrogens with two attached hydrogens (primary N) is 1. The molecule has 0 bridgehead atoms. The number of nitrogen functional groups attached to an aromatic ring is 1. The number of hydrogen-bond acceptors (Lipinski definition) is 5. The molecule has 6 nitrogen and oxygen atoms in total. The van der Waals surface area contributed by atoms with E-state index < -0.39 is 5.91 Å². The van der Waals surface area contributed by atoms with E-state index >= 15 is 0 Å². The summed E-state index contributed by atoms with van der Waals surface area (Å²) in [5, 5.41) is 9.22. The van der Waals surface area contributed by atoms with Crippen LogP contribution in [0.5, 0.6) is 0 Å². The fourth-order valence-electron chi connectivity index (χ4n) is 0.829. The van der Waals surface area contributed by atoms with Crippen molar-refractivity contribution >= 4 is 11.7 Å². The maximum Gasteiger partial charge on any atom is 0.277 e. The van der Waals surface area contributed by atoms with Crippen LogP contribution in [-0.2, 0) is 0 Å². The molecule has 1 aromatic rings. The Morgan fingerprint density at radius 1 is 1.64 bits per heavy atom. The average Bonchev–Trinajstić information content (AvgIpc) is 2.59. The van der Waals surface area contributed by atoms with Crippen LogP contribution >= 0.6 is 0 Å². The maximum atomic E-state index is 11.3. The molecule has 3 N–H and O–H groups in total. The van der Waals surface area contributed by atoms with Gasteiger partial charge in [-0.25, -0.2) is 4.63 Å². The van der Waals surface area contributed by atoms with Gasteiger partial charge in [-0.1, -0.05) is 0 Å². The lowest BCUT2D eigenvalue weighted by Gasteiger charge is -1.99. The number of amides is 1. The van der Waals surface area contributed by atoms with Crippen LogP contribution in [0.2, 0.25) is 0 Å². The normalized spacial score (nSPS) is 9.36. The van der Waals surface area contributed by atoms with Crippen molar-refractivity contribution in [2.75, 3.05) is 12.3 Å². The van der Waals surface area contributed by atoms with Crippen LogP contribution < -0.4 is 11.1 Å². The predicted molar refractivity (Wildman–Crippen MR) is 49.1 cm³/mol. The van der Waals surface area contributed by atoms with E-state index in [1.165, 1.54) is 0 Å². The first-order valence-electron chi connectivity index (χ1n) is 4.05. The molecule has 14 heavy (non-hydrogen) atoms. The molecule has 6 heteroatoms. The van der Waals surface area contributed by atoms with Gasteiger partial charge in [0.1, 0.15) is 0 Å². The Morgan fingerprint density at radius 2 is 2.43 bits per heavy atom. The van der Waals surface area contributed by atoms with Crippen molar-refractivity contribution in [3.63, 3.8) is 0 Å². The van der Waals surface area contributed by atoms with E-state index in [9.17, 15) is 4.79 Å². The summed E-state index contributed by atoms with van der Waals surface area (Å²) in [6.45, 7) is 0.481. The second-order valence-corrected chi connectivity index (χ2v) is 2.56. The van der Waals surface area contributed by atoms with Gasteiger partial charge in [-0.3, -0.25) is 4.79 Å². The Morgan fingerprint density at radius 3 is 3.00 bits per heavy atom. The van der Waals surface area contributed by atoms with Gasteiger partial charge in [-0.2, -0.15) is 0 Å². The number of nitrogens with zero attached hydrogens (tertiary/aromatic N) is 2. The highest BCUT2D eigenvalue weighted by atomic mass is 16.6. The number of rotatable bonds is 4. The van der Waals surface area contributed by atoms with Gasteiger partial charge in [0.2, 0.25) is 11.5 Å². The molecule has 0 radical (unpaired) electrons. The van der Waals surface area contributed by atoms with Crippen LogP contribution in [0.1, 0.15) is 23.3 Å². The summed E-state index contributed by atoms with van der Waals surface area (Å²) in [5.41, 5.74) is 5.32. The first-order valence-corrected chi connectivity index (χ1v) is 4.05. The standard InChI is InChI=1S/C8H10N4O2/c1-2-3-4-5-10-8(13)6-7(9)12-14-11-6/h1H,3-5H2,(H2,9,12)(H,10,13). The number of carbonyl (C=O) groups excluding carboxylic acids is 1. The third kappa shape index (κ3) is 2.48. The molecule has 74 valence electrons. The Kier molecular flexibility index (Phi) is 3.49. The van der Waals surface area contributed by atoms with Crippen molar-refractivity contribution in [1.82, 2.24) is 15.6 Å². The summed E-state index contributed by atoms with van der Waals surface area (Å²) in [7, 11) is 0. The lowest BCUT2D eigenvalue weighted by atomic mass is 10.3. The van der Waals surface area contributed by atoms with Gasteiger partial charge in [-0.05, 0) is 16.7 Å². The van der Waals surface area contributed by atoms with E-state index in [0.717, 1.165) is 0 Å². The largest absolute Gasteiger partial charge is 0.379 e. The van der Waals surface area contributed by atoms with E-state index in [1.807, 2.05) is 0 Å². The van der Waals surface area contributed by atoms with Crippen LogP contribution in [-0.4, -0.2) is 22.8 Å². The molecular formula is C8H10N4O2. The quantitative estimate of drug-likeness (QED) is 0.511. The van der Waals surface area contributed by atoms with E-state index in [0.29, 0.717) is 19.4 Å². The number of aromatic nitrogens is 2. The first kappa shape index (κ1) is 10.1. The van der Waals surface area contributed by atoms with Crippen molar-refractivity contribution in [2.24, 2.45) is 0 Å². The van der Waals surface area contributed by atoms with Gasteiger partial charge in [0.25, 0.3) is 5.91 Å². The van der Waals surface area contributed by atoms with E-state index in [1.54, 1.807) is 0 Å². The number of anilines is 1. The molecule has 0 spiro atoms. The second kappa shape index (κ2) is 4.87. The summed E-state index contributed by atoms with van der Waals surface area (Å²) in [6.07, 6.45) is 6.38. The minimum Gasteiger partial charge on any atom is -0.379 e. The van der Waals surface area contributed by atoms with Crippen molar-refractivity contribution in [2.45, 2.75) is 12.8 Å². The van der Waals surface area contributed by atoms with Gasteiger partial charge in [0.05, 0.1) is 0 Å². The highest BCUT2D eigenvalue weighted by Gasteiger charge is 2.14. The highest BCUT2D eigenvalue weighted by molar-refractivity contribution is 5.95. The molecule has 0 saturated heterocycles. The third-order valence-corrected chi connectivity index (χ3v) is 1.51. The summed E-state index contributed by atoms with van der Waals surface area (Å²) in [5.74, 6) is 2.05. The molecule has 0 aliphatic carbocycles. The second-order valence-electron chi connectivity index (χ2n) is 2.56. The molecule has 1 amide bonds. The van der Waals surface area contributed by atoms with Gasteiger partial charge in [-0.15, -0.1) is 12.3 Å². The summed E-state index contributed by atoms with van der Waals surface area (Å²) >= 11 is 0. The van der Waals surface area contributed by atoms with Crippen molar-refractivity contribution < 1.29 is 9.42 Å². The molecule has 1 rings (SSSR count). The number of unbranched alkanes of at least 4 members (excludes halogenated alkanes) is 1. The Bertz CT molecular complexity index is 352. The number of hydrogen-bond donors (Lipinski definition) is 2. The predicted octanol–water partition coefficient (Wildman–Crippen LogP) is -0.205. The van der Waals surface area contributed by atoms with Crippen molar-refractivity contribution in [3.8, 4) is 12.3 Å². The Labute approximate surface area is 80.8 Å². The maximum absolute atomic E-state index is 11.3. The summed E-state index contributed by atoms with van der Waals surface area (Å²) < 4.78 is 4.28. The van der Waals surface area contributed by atoms with E-state index in [-0.39, 0.29) is 11.5 Å². The van der Waals surface area contributed by atoms with Gasteiger partial charge in [0.15, 0.2) is 0 Å². The van der Waals surface area contributed by atoms with Crippen LogP contribution in [0.15, 0.2) is 4.63 Å². The minimum atomic E-state index is -0.402.